The van der Waals surface area contributed by atoms with Crippen LogP contribution in [0.4, 0.5) is 5.69 Å². The molecule has 0 saturated carbocycles. The maximum absolute atomic E-state index is 12.1. The molecule has 1 heterocycles. The number of fused-ring (bicyclic) bond motifs is 1. The van der Waals surface area contributed by atoms with Crippen LogP contribution in [-0.2, 0) is 11.3 Å². The van der Waals surface area contributed by atoms with Gasteiger partial charge in [0.15, 0.2) is 0 Å². The molecule has 2 N–H and O–H groups in total. The molecule has 2 amide bonds. The molecule has 0 fully saturated rings. The highest BCUT2D eigenvalue weighted by molar-refractivity contribution is 8.00. The number of carbonyl (C=O) groups is 2. The number of anilines is 1. The molecule has 0 spiro atoms. The zero-order valence-electron chi connectivity index (χ0n) is 12.4. The average molecular weight is 347 g/mol. The first-order chi connectivity index (χ1) is 11.0. The van der Waals surface area contributed by atoms with Crippen LogP contribution in [0.1, 0.15) is 22.8 Å². The van der Waals surface area contributed by atoms with E-state index in [1.54, 1.807) is 24.3 Å². The second kappa shape index (κ2) is 6.64. The molecule has 23 heavy (non-hydrogen) atoms. The average Bonchev–Trinajstić information content (AvgIpc) is 2.53. The van der Waals surface area contributed by atoms with Crippen LogP contribution >= 0.6 is 23.4 Å². The monoisotopic (exact) mass is 346 g/mol. The summed E-state index contributed by atoms with van der Waals surface area (Å²) in [5.41, 5.74) is 2.25. The smallest absolute Gasteiger partial charge is 0.251 e. The Morgan fingerprint density at radius 3 is 2.91 bits per heavy atom. The Kier molecular flexibility index (Phi) is 4.59. The molecule has 0 aliphatic carbocycles. The number of carbonyl (C=O) groups excluding carboxylic acids is 2. The first kappa shape index (κ1) is 15.9. The molecule has 0 bridgehead atoms. The third-order valence-electron chi connectivity index (χ3n) is 3.51. The molecule has 1 aliphatic heterocycles. The quantitative estimate of drug-likeness (QED) is 0.890. The Labute approximate surface area is 143 Å². The van der Waals surface area contributed by atoms with Gasteiger partial charge in [-0.1, -0.05) is 23.7 Å². The minimum atomic E-state index is -0.183. The Balaban J connectivity index is 1.68. The number of nitrogens with one attached hydrogen (secondary N) is 2. The van der Waals surface area contributed by atoms with E-state index >= 15 is 0 Å². The predicted molar refractivity (Wildman–Crippen MR) is 93.0 cm³/mol. The van der Waals surface area contributed by atoms with E-state index in [0.29, 0.717) is 17.1 Å². The minimum Gasteiger partial charge on any atom is -0.348 e. The lowest BCUT2D eigenvalue weighted by atomic mass is 10.1. The van der Waals surface area contributed by atoms with Crippen LogP contribution in [0, 0.1) is 0 Å². The molecule has 0 aromatic heterocycles. The van der Waals surface area contributed by atoms with Crippen LogP contribution < -0.4 is 10.6 Å². The van der Waals surface area contributed by atoms with Gasteiger partial charge in [0.1, 0.15) is 0 Å². The van der Waals surface area contributed by atoms with Crippen LogP contribution in [0.5, 0.6) is 0 Å². The first-order valence-corrected chi connectivity index (χ1v) is 8.43. The summed E-state index contributed by atoms with van der Waals surface area (Å²) in [6.45, 7) is 2.26. The molecule has 6 heteroatoms. The predicted octanol–water partition coefficient (Wildman–Crippen LogP) is 3.70. The second-order valence-corrected chi connectivity index (χ2v) is 7.09. The third-order valence-corrected chi connectivity index (χ3v) is 4.93. The van der Waals surface area contributed by atoms with Crippen LogP contribution in [0.2, 0.25) is 5.02 Å². The van der Waals surface area contributed by atoms with Crippen molar-refractivity contribution in [3.8, 4) is 0 Å². The van der Waals surface area contributed by atoms with E-state index in [1.807, 2.05) is 25.1 Å². The fourth-order valence-corrected chi connectivity index (χ4v) is 3.40. The van der Waals surface area contributed by atoms with Gasteiger partial charge < -0.3 is 10.6 Å². The van der Waals surface area contributed by atoms with Gasteiger partial charge >= 0.3 is 0 Å². The van der Waals surface area contributed by atoms with Crippen molar-refractivity contribution in [3.05, 3.63) is 58.6 Å². The zero-order chi connectivity index (χ0) is 16.4. The van der Waals surface area contributed by atoms with Crippen molar-refractivity contribution in [1.29, 1.82) is 0 Å². The van der Waals surface area contributed by atoms with Crippen molar-refractivity contribution >= 4 is 40.9 Å². The van der Waals surface area contributed by atoms with Crippen molar-refractivity contribution < 1.29 is 9.59 Å². The van der Waals surface area contributed by atoms with E-state index in [2.05, 4.69) is 10.6 Å². The van der Waals surface area contributed by atoms with Gasteiger partial charge in [-0.2, -0.15) is 0 Å². The highest BCUT2D eigenvalue weighted by atomic mass is 35.5. The van der Waals surface area contributed by atoms with Gasteiger partial charge in [0.25, 0.3) is 5.91 Å². The summed E-state index contributed by atoms with van der Waals surface area (Å²) in [4.78, 5) is 24.9. The van der Waals surface area contributed by atoms with Crippen molar-refractivity contribution in [2.45, 2.75) is 23.6 Å². The van der Waals surface area contributed by atoms with Gasteiger partial charge in [-0.25, -0.2) is 0 Å². The largest absolute Gasteiger partial charge is 0.348 e. The molecule has 1 unspecified atom stereocenters. The second-order valence-electron chi connectivity index (χ2n) is 5.27. The summed E-state index contributed by atoms with van der Waals surface area (Å²) in [6, 6.07) is 12.6. The summed E-state index contributed by atoms with van der Waals surface area (Å²) in [7, 11) is 0. The number of thioether (sulfide) groups is 1. The van der Waals surface area contributed by atoms with Crippen molar-refractivity contribution in [1.82, 2.24) is 5.32 Å². The number of rotatable bonds is 3. The summed E-state index contributed by atoms with van der Waals surface area (Å²) >= 11 is 7.43. The van der Waals surface area contributed by atoms with E-state index in [1.165, 1.54) is 11.8 Å². The van der Waals surface area contributed by atoms with E-state index < -0.39 is 0 Å². The number of hydrogen-bond donors (Lipinski definition) is 2. The molecule has 4 nitrogen and oxygen atoms in total. The summed E-state index contributed by atoms with van der Waals surface area (Å²) in [6.07, 6.45) is 0. The lowest BCUT2D eigenvalue weighted by Gasteiger charge is -2.22. The molecule has 0 saturated heterocycles. The molecule has 2 aromatic carbocycles. The van der Waals surface area contributed by atoms with Gasteiger partial charge in [-0.3, -0.25) is 9.59 Å². The van der Waals surface area contributed by atoms with Gasteiger partial charge in [0.05, 0.1) is 10.9 Å². The Bertz CT molecular complexity index is 779. The van der Waals surface area contributed by atoms with E-state index in [4.69, 9.17) is 11.6 Å². The van der Waals surface area contributed by atoms with Crippen LogP contribution in [0.3, 0.4) is 0 Å². The van der Waals surface area contributed by atoms with Gasteiger partial charge in [0, 0.05) is 22.0 Å². The van der Waals surface area contributed by atoms with Crippen molar-refractivity contribution in [2.75, 3.05) is 5.32 Å². The molecule has 1 aliphatic rings. The first-order valence-electron chi connectivity index (χ1n) is 7.17. The summed E-state index contributed by atoms with van der Waals surface area (Å²) in [5, 5.41) is 6.18. The Morgan fingerprint density at radius 2 is 2.13 bits per heavy atom. The molecule has 2 aromatic rings. The van der Waals surface area contributed by atoms with E-state index in [9.17, 15) is 9.59 Å². The van der Waals surface area contributed by atoms with Gasteiger partial charge in [-0.15, -0.1) is 11.8 Å². The molecule has 1 atom stereocenters. The van der Waals surface area contributed by atoms with Gasteiger partial charge in [-0.05, 0) is 42.8 Å². The molecule has 0 radical (unpaired) electrons. The number of halogens is 1. The van der Waals surface area contributed by atoms with E-state index in [0.717, 1.165) is 16.1 Å². The zero-order valence-corrected chi connectivity index (χ0v) is 14.0. The highest BCUT2D eigenvalue weighted by Gasteiger charge is 2.22. The number of amides is 2. The lowest BCUT2D eigenvalue weighted by Crippen LogP contribution is -2.27. The number of benzene rings is 2. The topological polar surface area (TPSA) is 58.2 Å². The fraction of sp³-hybridized carbons (Fsp3) is 0.176. The minimum absolute atomic E-state index is 0.00242. The maximum Gasteiger partial charge on any atom is 0.251 e. The maximum atomic E-state index is 12.1. The van der Waals surface area contributed by atoms with Crippen LogP contribution in [0.15, 0.2) is 47.4 Å². The van der Waals surface area contributed by atoms with Crippen molar-refractivity contribution in [2.24, 2.45) is 0 Å². The summed E-state index contributed by atoms with van der Waals surface area (Å²) < 4.78 is 0. The third kappa shape index (κ3) is 3.68. The number of hydrogen-bond acceptors (Lipinski definition) is 3. The molecular formula is C17H15ClN2O2S. The van der Waals surface area contributed by atoms with Crippen molar-refractivity contribution in [3.63, 3.8) is 0 Å². The molecular weight excluding hydrogens is 332 g/mol. The summed E-state index contributed by atoms with van der Waals surface area (Å²) in [5.74, 6) is -0.181. The lowest BCUT2D eigenvalue weighted by molar-refractivity contribution is -0.115. The normalized spacial score (nSPS) is 16.4. The Hall–Kier alpha value is -1.98. The van der Waals surface area contributed by atoms with Crippen LogP contribution in [-0.4, -0.2) is 17.1 Å². The molecule has 118 valence electrons. The molecule has 3 rings (SSSR count). The Morgan fingerprint density at radius 1 is 1.30 bits per heavy atom. The standard InChI is InChI=1S/C17H15ClN2O2S/c1-10-16(21)20-14-7-11(5-6-15(14)23-10)9-19-17(22)12-3-2-4-13(18)8-12/h2-8,10H,9H2,1H3,(H,19,22)(H,20,21). The highest BCUT2D eigenvalue weighted by Crippen LogP contribution is 2.35. The van der Waals surface area contributed by atoms with Gasteiger partial charge in [0.2, 0.25) is 5.91 Å². The van der Waals surface area contributed by atoms with E-state index in [-0.39, 0.29) is 17.1 Å². The van der Waals surface area contributed by atoms with Crippen LogP contribution in [0.25, 0.3) is 0 Å². The SMILES string of the molecule is CC1Sc2ccc(CNC(=O)c3cccc(Cl)c3)cc2NC1=O. The fourth-order valence-electron chi connectivity index (χ4n) is 2.28.